The van der Waals surface area contributed by atoms with Gasteiger partial charge in [-0.15, -0.1) is 12.8 Å². The lowest BCUT2D eigenvalue weighted by Gasteiger charge is -2.43. The highest BCUT2D eigenvalue weighted by atomic mass is 16.6. The number of aromatic nitrogens is 2. The molecule has 2 saturated heterocycles. The third-order valence-electron chi connectivity index (χ3n) is 9.66. The highest BCUT2D eigenvalue weighted by Gasteiger charge is 2.52. The molecule has 6 atom stereocenters. The summed E-state index contributed by atoms with van der Waals surface area (Å²) in [6, 6.07) is 8.96. The van der Waals surface area contributed by atoms with Crippen LogP contribution in [0.15, 0.2) is 36.9 Å². The molecule has 2 aliphatic carbocycles. The van der Waals surface area contributed by atoms with Gasteiger partial charge >= 0.3 is 6.09 Å². The van der Waals surface area contributed by atoms with Crippen LogP contribution in [0.2, 0.25) is 0 Å². The molecular formula is C40H51N5O2. The fourth-order valence-corrected chi connectivity index (χ4v) is 7.82. The van der Waals surface area contributed by atoms with Crippen molar-refractivity contribution in [3.63, 3.8) is 0 Å². The van der Waals surface area contributed by atoms with E-state index in [1.54, 1.807) is 18.6 Å². The van der Waals surface area contributed by atoms with Gasteiger partial charge in [-0.05, 0) is 101 Å². The number of hydrogen-bond donors (Lipinski definition) is 0. The minimum atomic E-state index is -0.649. The molecule has 2 aromatic rings. The lowest BCUT2D eigenvalue weighted by atomic mass is 9.66. The minimum absolute atomic E-state index is 0.0164. The van der Waals surface area contributed by atoms with Gasteiger partial charge in [0.2, 0.25) is 0 Å². The average molecular weight is 634 g/mol. The molecule has 0 aromatic carbocycles. The molecular weight excluding hydrogens is 582 g/mol. The first-order valence-corrected chi connectivity index (χ1v) is 17.2. The molecule has 4 heterocycles. The Labute approximate surface area is 283 Å². The Kier molecular flexibility index (Phi) is 12.6. The van der Waals surface area contributed by atoms with Gasteiger partial charge in [-0.1, -0.05) is 52.4 Å². The largest absolute Gasteiger partial charge is 0.444 e. The molecule has 7 heteroatoms. The third-order valence-corrected chi connectivity index (χ3v) is 9.66. The van der Waals surface area contributed by atoms with E-state index >= 15 is 0 Å². The monoisotopic (exact) mass is 633 g/mol. The molecule has 2 saturated carbocycles. The van der Waals surface area contributed by atoms with Crippen molar-refractivity contribution in [2.75, 3.05) is 0 Å². The number of pyridine rings is 2. The van der Waals surface area contributed by atoms with Crippen molar-refractivity contribution in [1.82, 2.24) is 14.9 Å². The second-order valence-electron chi connectivity index (χ2n) is 13.7. The molecule has 0 radical (unpaired) electrons. The molecule has 4 fully saturated rings. The molecule has 2 aliphatic heterocycles. The Morgan fingerprint density at radius 1 is 0.787 bits per heavy atom. The van der Waals surface area contributed by atoms with E-state index in [1.807, 2.05) is 71.7 Å². The van der Waals surface area contributed by atoms with Crippen molar-refractivity contribution >= 4 is 6.09 Å². The van der Waals surface area contributed by atoms with Gasteiger partial charge in [0.15, 0.2) is 0 Å². The van der Waals surface area contributed by atoms with Gasteiger partial charge in [-0.25, -0.2) is 4.79 Å². The van der Waals surface area contributed by atoms with Crippen molar-refractivity contribution in [3.05, 3.63) is 59.2 Å². The fraction of sp³-hybridized carbons (Fsp3) is 0.575. The summed E-state index contributed by atoms with van der Waals surface area (Å²) in [6.07, 6.45) is 26.3. The Morgan fingerprint density at radius 3 is 1.60 bits per heavy atom. The minimum Gasteiger partial charge on any atom is -0.444 e. The summed E-state index contributed by atoms with van der Waals surface area (Å²) in [6.45, 7) is 13.6. The smallest absolute Gasteiger partial charge is 0.410 e. The fourth-order valence-electron chi connectivity index (χ4n) is 7.82. The summed E-state index contributed by atoms with van der Waals surface area (Å²) in [5.41, 5.74) is 1.82. The number of amides is 1. The maximum absolute atomic E-state index is 12.6. The number of hydrogen-bond acceptors (Lipinski definition) is 6. The Morgan fingerprint density at radius 2 is 1.21 bits per heavy atom. The summed E-state index contributed by atoms with van der Waals surface area (Å²) in [7, 11) is 0. The normalized spacial score (nSPS) is 28.1. The zero-order valence-corrected chi connectivity index (χ0v) is 29.3. The van der Waals surface area contributed by atoms with Crippen molar-refractivity contribution < 1.29 is 9.53 Å². The van der Waals surface area contributed by atoms with Crippen LogP contribution in [0.3, 0.4) is 0 Å². The van der Waals surface area contributed by atoms with Crippen LogP contribution in [-0.4, -0.2) is 38.6 Å². The molecule has 0 N–H and O–H groups in total. The molecule has 4 aliphatic rings. The number of rotatable bonds is 2. The first-order chi connectivity index (χ1) is 22.5. The number of piperidine rings is 1. The van der Waals surface area contributed by atoms with E-state index in [2.05, 4.69) is 33.9 Å². The van der Waals surface area contributed by atoms with Crippen molar-refractivity contribution in [2.45, 2.75) is 135 Å². The predicted molar refractivity (Wildman–Crippen MR) is 186 cm³/mol. The van der Waals surface area contributed by atoms with Gasteiger partial charge in [0, 0.05) is 48.0 Å². The number of terminal acetylenes is 2. The first kappa shape index (κ1) is 37.1. The van der Waals surface area contributed by atoms with E-state index in [-0.39, 0.29) is 23.6 Å². The number of ether oxygens (including phenoxy) is 1. The zero-order valence-electron chi connectivity index (χ0n) is 29.3. The van der Waals surface area contributed by atoms with Gasteiger partial charge < -0.3 is 9.64 Å². The van der Waals surface area contributed by atoms with E-state index in [4.69, 9.17) is 17.6 Å². The van der Waals surface area contributed by atoms with Gasteiger partial charge in [0.1, 0.15) is 5.60 Å². The van der Waals surface area contributed by atoms with E-state index in [9.17, 15) is 15.3 Å². The predicted octanol–water partition coefficient (Wildman–Crippen LogP) is 8.47. The number of carbonyl (C=O) groups is 1. The molecule has 0 spiro atoms. The van der Waals surface area contributed by atoms with Gasteiger partial charge in [0.25, 0.3) is 0 Å². The lowest BCUT2D eigenvalue weighted by Crippen LogP contribution is -2.52. The van der Waals surface area contributed by atoms with Gasteiger partial charge in [0.05, 0.1) is 23.0 Å². The van der Waals surface area contributed by atoms with Crippen LogP contribution in [-0.2, 0) is 15.6 Å². The SMILES string of the molecule is C#Cc1cncc(C2(C#N)C[C@@H]3CC[C@@H](C3)C2)c1.C#Cc1cncc(C2(C#N)C[C@H]3CC[C@@H](C2)N3C(=O)OC(C)(C)C)c1.CC.CC. The van der Waals surface area contributed by atoms with Crippen LogP contribution >= 0.6 is 0 Å². The molecule has 1 amide bonds. The molecule has 47 heavy (non-hydrogen) atoms. The van der Waals surface area contributed by atoms with Crippen LogP contribution in [0.25, 0.3) is 0 Å². The lowest BCUT2D eigenvalue weighted by molar-refractivity contribution is 0.00231. The van der Waals surface area contributed by atoms with Crippen molar-refractivity contribution in [1.29, 1.82) is 10.5 Å². The summed E-state index contributed by atoms with van der Waals surface area (Å²) < 4.78 is 5.57. The van der Waals surface area contributed by atoms with E-state index in [1.165, 1.54) is 19.3 Å². The van der Waals surface area contributed by atoms with Gasteiger partial charge in [-0.2, -0.15) is 10.5 Å². The number of carbonyl (C=O) groups excluding carboxylic acids is 1. The topological polar surface area (TPSA) is 103 Å². The highest BCUT2D eigenvalue weighted by Crippen LogP contribution is 2.51. The third kappa shape index (κ3) is 8.34. The zero-order chi connectivity index (χ0) is 34.8. The van der Waals surface area contributed by atoms with Crippen LogP contribution in [0.4, 0.5) is 4.79 Å². The van der Waals surface area contributed by atoms with E-state index < -0.39 is 11.0 Å². The molecule has 4 bridgehead atoms. The number of nitriles is 2. The van der Waals surface area contributed by atoms with Gasteiger partial charge in [-0.3, -0.25) is 9.97 Å². The highest BCUT2D eigenvalue weighted by molar-refractivity contribution is 5.70. The Bertz CT molecular complexity index is 1520. The first-order valence-electron chi connectivity index (χ1n) is 17.2. The quantitative estimate of drug-likeness (QED) is 0.307. The second kappa shape index (κ2) is 16.0. The number of nitrogens with zero attached hydrogens (tertiary/aromatic N) is 5. The molecule has 7 nitrogen and oxygen atoms in total. The van der Waals surface area contributed by atoms with E-state index in [0.717, 1.165) is 54.2 Å². The number of fused-ring (bicyclic) bond motifs is 4. The summed E-state index contributed by atoms with van der Waals surface area (Å²) in [5.74, 6) is 6.64. The summed E-state index contributed by atoms with van der Waals surface area (Å²) >= 11 is 0. The van der Waals surface area contributed by atoms with Crippen molar-refractivity contribution in [2.24, 2.45) is 11.8 Å². The van der Waals surface area contributed by atoms with Crippen LogP contribution in [0.1, 0.15) is 129 Å². The van der Waals surface area contributed by atoms with E-state index in [0.29, 0.717) is 18.4 Å². The maximum Gasteiger partial charge on any atom is 0.410 e. The second-order valence-corrected chi connectivity index (χ2v) is 13.7. The average Bonchev–Trinajstić information content (AvgIpc) is 3.59. The van der Waals surface area contributed by atoms with Crippen LogP contribution in [0.5, 0.6) is 0 Å². The molecule has 6 rings (SSSR count). The van der Waals surface area contributed by atoms with Crippen LogP contribution < -0.4 is 0 Å². The molecule has 248 valence electrons. The molecule has 2 unspecified atom stereocenters. The maximum atomic E-state index is 12.6. The summed E-state index contributed by atoms with van der Waals surface area (Å²) in [5, 5.41) is 19.7. The molecule has 2 aromatic heterocycles. The van der Waals surface area contributed by atoms with Crippen molar-refractivity contribution in [3.8, 4) is 36.8 Å². The summed E-state index contributed by atoms with van der Waals surface area (Å²) in [4.78, 5) is 22.8. The standard InChI is InChI=1S/C20H23N3O2.C16H16N2.2C2H6/c1-5-14-8-15(12-22-11-14)20(13-21)9-16-6-7-17(10-20)23(16)18(24)25-19(2,3)4;1-2-12-6-15(10-18-9-12)16(11-17)7-13-3-4-14(5-13)8-16;2*1-2/h1,8,11-12,16-17H,6-7,9-10H2,2-4H3;1,6,9-10,13-14H,3-5,7-8H2;2*1-2H3/t16-,17+,20?;13-,14+,16?;;. The van der Waals surface area contributed by atoms with Crippen LogP contribution in [0, 0.1) is 59.2 Å². The Hall–Kier alpha value is -4.33. The Balaban J connectivity index is 0.000000240.